The first kappa shape index (κ1) is 20.5. The van der Waals surface area contributed by atoms with Crippen LogP contribution in [0.15, 0.2) is 35.3 Å². The first-order chi connectivity index (χ1) is 15.1. The summed E-state index contributed by atoms with van der Waals surface area (Å²) in [7, 11) is 0. The van der Waals surface area contributed by atoms with Gasteiger partial charge >= 0.3 is 5.97 Å². The van der Waals surface area contributed by atoms with E-state index in [1.54, 1.807) is 4.90 Å². The number of carbonyl (C=O) groups is 1. The lowest BCUT2D eigenvalue weighted by molar-refractivity contribution is 0.0695. The van der Waals surface area contributed by atoms with Gasteiger partial charge in [0.1, 0.15) is 17.2 Å². The monoisotopic (exact) mass is 444 g/mol. The number of rotatable bonds is 3. The van der Waals surface area contributed by atoms with Gasteiger partial charge in [0.25, 0.3) is 0 Å². The summed E-state index contributed by atoms with van der Waals surface area (Å²) in [6.45, 7) is 3.07. The van der Waals surface area contributed by atoms with Crippen molar-refractivity contribution in [3.05, 3.63) is 63.7 Å². The van der Waals surface area contributed by atoms with Crippen LogP contribution in [-0.4, -0.2) is 39.8 Å². The summed E-state index contributed by atoms with van der Waals surface area (Å²) in [6.07, 6.45) is 1.72. The number of fused-ring (bicyclic) bond motifs is 2. The number of carboxylic acid groups (broad SMARTS) is 1. The van der Waals surface area contributed by atoms with Crippen LogP contribution >= 0.6 is 0 Å². The van der Waals surface area contributed by atoms with Crippen LogP contribution in [0.4, 0.5) is 19.0 Å². The Morgan fingerprint density at radius 2 is 2.00 bits per heavy atom. The second-order valence-corrected chi connectivity index (χ2v) is 8.82. The molecular formula is C22H19F3N4O3. The number of carboxylic acids is 1. The minimum Gasteiger partial charge on any atom is -0.477 e. The fraction of sp³-hybridized carbons (Fsp3) is 0.318. The molecule has 3 N–H and O–H groups in total. The van der Waals surface area contributed by atoms with Crippen LogP contribution < -0.4 is 16.1 Å². The second kappa shape index (κ2) is 6.80. The highest BCUT2D eigenvalue weighted by Gasteiger charge is 2.55. The van der Waals surface area contributed by atoms with Gasteiger partial charge in [0.15, 0.2) is 17.3 Å². The van der Waals surface area contributed by atoms with E-state index >= 15 is 4.39 Å². The number of aromatic carboxylic acids is 1. The van der Waals surface area contributed by atoms with Crippen molar-refractivity contribution in [2.75, 3.05) is 18.0 Å². The van der Waals surface area contributed by atoms with Crippen LogP contribution in [0, 0.1) is 28.8 Å². The van der Waals surface area contributed by atoms with Crippen LogP contribution in [0.5, 0.6) is 0 Å². The van der Waals surface area contributed by atoms with Gasteiger partial charge in [0.05, 0.1) is 11.1 Å². The van der Waals surface area contributed by atoms with Crippen molar-refractivity contribution in [3.8, 4) is 5.69 Å². The first-order valence-electron chi connectivity index (χ1n) is 10.0. The van der Waals surface area contributed by atoms with Crippen molar-refractivity contribution in [2.24, 2.45) is 17.1 Å². The van der Waals surface area contributed by atoms with E-state index in [1.807, 2.05) is 0 Å². The zero-order valence-electron chi connectivity index (χ0n) is 17.0. The first-order valence-corrected chi connectivity index (χ1v) is 10.0. The third-order valence-electron chi connectivity index (χ3n) is 6.70. The van der Waals surface area contributed by atoms with Crippen LogP contribution in [0.25, 0.3) is 16.7 Å². The molecule has 2 aliphatic rings. The number of benzene rings is 1. The van der Waals surface area contributed by atoms with Gasteiger partial charge < -0.3 is 15.7 Å². The molecule has 1 saturated carbocycles. The lowest BCUT2D eigenvalue weighted by atomic mass is 9.60. The molecule has 7 nitrogen and oxygen atoms in total. The maximum Gasteiger partial charge on any atom is 0.341 e. The molecule has 0 bridgehead atoms. The molecule has 10 heteroatoms. The average Bonchev–Trinajstić information content (AvgIpc) is 2.99. The summed E-state index contributed by atoms with van der Waals surface area (Å²) >= 11 is 0. The topological polar surface area (TPSA) is 101 Å². The van der Waals surface area contributed by atoms with Crippen molar-refractivity contribution in [1.82, 2.24) is 9.55 Å². The number of nitrogens with two attached hydrogens (primary N) is 1. The summed E-state index contributed by atoms with van der Waals surface area (Å²) < 4.78 is 44.1. The molecule has 32 heavy (non-hydrogen) atoms. The van der Waals surface area contributed by atoms with E-state index in [9.17, 15) is 23.5 Å². The predicted octanol–water partition coefficient (Wildman–Crippen LogP) is 2.67. The van der Waals surface area contributed by atoms with E-state index in [0.29, 0.717) is 19.2 Å². The summed E-state index contributed by atoms with van der Waals surface area (Å²) in [5.74, 6) is -4.02. The Morgan fingerprint density at radius 1 is 1.25 bits per heavy atom. The molecule has 2 fully saturated rings. The Balaban J connectivity index is 1.75. The fourth-order valence-electron chi connectivity index (χ4n) is 5.07. The molecule has 1 aromatic carbocycles. The largest absolute Gasteiger partial charge is 0.477 e. The van der Waals surface area contributed by atoms with E-state index in [4.69, 9.17) is 5.73 Å². The van der Waals surface area contributed by atoms with Crippen LogP contribution in [0.2, 0.25) is 0 Å². The van der Waals surface area contributed by atoms with E-state index in [0.717, 1.165) is 35.4 Å². The quantitative estimate of drug-likeness (QED) is 0.644. The third-order valence-corrected chi connectivity index (χ3v) is 6.70. The molecule has 3 atom stereocenters. The molecule has 1 saturated heterocycles. The lowest BCUT2D eigenvalue weighted by Crippen LogP contribution is -2.53. The molecule has 166 valence electrons. The summed E-state index contributed by atoms with van der Waals surface area (Å²) in [4.78, 5) is 30.4. The van der Waals surface area contributed by atoms with Crippen LogP contribution in [0.3, 0.4) is 0 Å². The van der Waals surface area contributed by atoms with Crippen LogP contribution in [-0.2, 0) is 0 Å². The van der Waals surface area contributed by atoms with Crippen molar-refractivity contribution in [3.63, 3.8) is 0 Å². The second-order valence-electron chi connectivity index (χ2n) is 8.82. The minimum absolute atomic E-state index is 0.0122. The van der Waals surface area contributed by atoms with E-state index in [2.05, 4.69) is 11.9 Å². The average molecular weight is 444 g/mol. The van der Waals surface area contributed by atoms with Crippen molar-refractivity contribution < 1.29 is 23.1 Å². The van der Waals surface area contributed by atoms with E-state index in [-0.39, 0.29) is 39.9 Å². The zero-order valence-corrected chi connectivity index (χ0v) is 17.0. The number of hydrogen-bond acceptors (Lipinski definition) is 5. The Bertz CT molecular complexity index is 1360. The number of nitrogens with zero attached hydrogens (tertiary/aromatic N) is 3. The van der Waals surface area contributed by atoms with Crippen molar-refractivity contribution >= 4 is 22.8 Å². The molecular weight excluding hydrogens is 425 g/mol. The molecule has 3 aromatic rings. The molecule has 1 aliphatic heterocycles. The van der Waals surface area contributed by atoms with Gasteiger partial charge in [-0.25, -0.2) is 22.9 Å². The smallest absolute Gasteiger partial charge is 0.341 e. The highest BCUT2D eigenvalue weighted by atomic mass is 19.1. The number of anilines is 1. The number of aromatic nitrogens is 2. The maximum absolute atomic E-state index is 15.1. The molecule has 3 heterocycles. The van der Waals surface area contributed by atoms with Gasteiger partial charge in [-0.1, -0.05) is 6.92 Å². The lowest BCUT2D eigenvalue weighted by Gasteiger charge is -2.46. The normalized spacial score (nSPS) is 24.5. The van der Waals surface area contributed by atoms with Gasteiger partial charge in [-0.2, -0.15) is 0 Å². The molecule has 0 radical (unpaired) electrons. The summed E-state index contributed by atoms with van der Waals surface area (Å²) in [5, 5.41) is 9.10. The molecule has 0 amide bonds. The highest BCUT2D eigenvalue weighted by Crippen LogP contribution is 2.51. The summed E-state index contributed by atoms with van der Waals surface area (Å²) in [5.41, 5.74) is 4.04. The number of hydrogen-bond donors (Lipinski definition) is 2. The van der Waals surface area contributed by atoms with Crippen LogP contribution in [0.1, 0.15) is 23.7 Å². The highest BCUT2D eigenvalue weighted by molar-refractivity contribution is 5.92. The Hall–Kier alpha value is -3.40. The zero-order chi connectivity index (χ0) is 22.9. The Labute approximate surface area is 179 Å². The van der Waals surface area contributed by atoms with Gasteiger partial charge in [-0.05, 0) is 36.0 Å². The Morgan fingerprint density at radius 3 is 2.62 bits per heavy atom. The fourth-order valence-corrected chi connectivity index (χ4v) is 5.07. The SMILES string of the molecule is C[C@]12C[C@@H](N)[C@H]1CN(c1nc3c(cc1F)c(=O)c(C(=O)O)cn3-c1ccc(F)cc1F)C2. The predicted molar refractivity (Wildman–Crippen MR) is 111 cm³/mol. The number of halogens is 3. The molecule has 0 spiro atoms. The summed E-state index contributed by atoms with van der Waals surface area (Å²) in [6, 6.07) is 3.66. The van der Waals surface area contributed by atoms with Gasteiger partial charge in [0.2, 0.25) is 5.43 Å². The maximum atomic E-state index is 15.1. The molecule has 2 aromatic heterocycles. The van der Waals surface area contributed by atoms with E-state index < -0.39 is 34.4 Å². The van der Waals surface area contributed by atoms with Crippen molar-refractivity contribution in [2.45, 2.75) is 19.4 Å². The molecule has 0 unspecified atom stereocenters. The van der Waals surface area contributed by atoms with Crippen molar-refractivity contribution in [1.29, 1.82) is 0 Å². The van der Waals surface area contributed by atoms with Gasteiger partial charge in [-0.3, -0.25) is 9.36 Å². The van der Waals surface area contributed by atoms with Gasteiger partial charge in [0, 0.05) is 31.4 Å². The standard InChI is InChI=1S/C22H19F3N4O3/c1-22-6-16(26)13(22)8-28(9-22)20-15(25)5-11-18(30)12(21(31)32)7-29(19(11)27-20)17-3-2-10(23)4-14(17)24/h2-5,7,13,16H,6,8-9,26H2,1H3,(H,31,32)/t13-,16-,22-/m1/s1. The minimum atomic E-state index is -1.56. The molecule has 5 rings (SSSR count). The number of pyridine rings is 2. The Kier molecular flexibility index (Phi) is 4.35. The molecule has 1 aliphatic carbocycles. The third kappa shape index (κ3) is 2.89. The van der Waals surface area contributed by atoms with Gasteiger partial charge in [-0.15, -0.1) is 0 Å². The van der Waals surface area contributed by atoms with E-state index in [1.165, 1.54) is 0 Å².